The molecule has 0 radical (unpaired) electrons. The van der Waals surface area contributed by atoms with E-state index in [-0.39, 0.29) is 22.2 Å². The van der Waals surface area contributed by atoms with E-state index in [0.717, 1.165) is 0 Å². The van der Waals surface area contributed by atoms with Crippen LogP contribution in [0.5, 0.6) is 0 Å². The van der Waals surface area contributed by atoms with E-state index in [1.165, 1.54) is 25.1 Å². The predicted molar refractivity (Wildman–Crippen MR) is 65.0 cm³/mol. The molecule has 0 aliphatic heterocycles. The minimum absolute atomic E-state index is 0.0873. The number of hydrogen-bond donors (Lipinski definition) is 1. The van der Waals surface area contributed by atoms with Gasteiger partial charge in [-0.3, -0.25) is 0 Å². The van der Waals surface area contributed by atoms with Crippen molar-refractivity contribution in [2.75, 3.05) is 6.61 Å². The van der Waals surface area contributed by atoms with Crippen LogP contribution in [0.25, 0.3) is 0 Å². The first-order valence-corrected chi connectivity index (χ1v) is 5.82. The van der Waals surface area contributed by atoms with Crippen molar-refractivity contribution < 1.29 is 18.3 Å². The number of benzene rings is 1. The molecule has 0 heterocycles. The summed E-state index contributed by atoms with van der Waals surface area (Å²) < 4.78 is 31.7. The first kappa shape index (κ1) is 15.1. The van der Waals surface area contributed by atoms with Gasteiger partial charge in [-0.05, 0) is 18.6 Å². The minimum Gasteiger partial charge on any atom is -0.462 e. The van der Waals surface area contributed by atoms with Gasteiger partial charge in [-0.2, -0.15) is 8.78 Å². The molecule has 0 aliphatic rings. The largest absolute Gasteiger partial charge is 0.462 e. The maximum Gasteiger partial charge on any atom is 0.379 e. The van der Waals surface area contributed by atoms with Gasteiger partial charge in [0.1, 0.15) is 6.04 Å². The molecule has 0 saturated heterocycles. The Bertz CT molecular complexity index is 455. The summed E-state index contributed by atoms with van der Waals surface area (Å²) in [5.74, 6) is -5.56. The zero-order chi connectivity index (χ0) is 13.9. The number of halogens is 4. The standard InChI is InChI=1S/C11H11Cl2F2NO2/c1-2-18-10(17)11(14,15)9(16)6-4-3-5-7(12)8(6)13/h3-5,9H,2,16H2,1H3/t9-/m0/s1. The highest BCUT2D eigenvalue weighted by Crippen LogP contribution is 2.36. The van der Waals surface area contributed by atoms with Crippen LogP contribution >= 0.6 is 23.2 Å². The lowest BCUT2D eigenvalue weighted by atomic mass is 10.0. The molecule has 0 aromatic heterocycles. The quantitative estimate of drug-likeness (QED) is 0.868. The zero-order valence-electron chi connectivity index (χ0n) is 9.42. The molecule has 2 N–H and O–H groups in total. The van der Waals surface area contributed by atoms with Crippen LogP contribution < -0.4 is 5.73 Å². The molecule has 7 heteroatoms. The van der Waals surface area contributed by atoms with Crippen molar-refractivity contribution in [3.8, 4) is 0 Å². The van der Waals surface area contributed by atoms with Crippen molar-refractivity contribution >= 4 is 29.2 Å². The Hall–Kier alpha value is -0.910. The van der Waals surface area contributed by atoms with Crippen molar-refractivity contribution in [3.63, 3.8) is 0 Å². The fourth-order valence-electron chi connectivity index (χ4n) is 1.31. The summed E-state index contributed by atoms with van der Waals surface area (Å²) in [7, 11) is 0. The second-order valence-electron chi connectivity index (χ2n) is 3.46. The van der Waals surface area contributed by atoms with E-state index < -0.39 is 17.9 Å². The molecule has 18 heavy (non-hydrogen) atoms. The monoisotopic (exact) mass is 297 g/mol. The van der Waals surface area contributed by atoms with Crippen LogP contribution in [0, 0.1) is 0 Å². The molecule has 0 aliphatic carbocycles. The Kier molecular flexibility index (Phi) is 4.90. The lowest BCUT2D eigenvalue weighted by Crippen LogP contribution is -2.41. The SMILES string of the molecule is CCOC(=O)C(F)(F)[C@@H](N)c1cccc(Cl)c1Cl. The molecule has 1 rings (SSSR count). The second kappa shape index (κ2) is 5.82. The van der Waals surface area contributed by atoms with Crippen LogP contribution in [-0.2, 0) is 9.53 Å². The summed E-state index contributed by atoms with van der Waals surface area (Å²) in [6.45, 7) is 1.26. The van der Waals surface area contributed by atoms with Gasteiger partial charge >= 0.3 is 11.9 Å². The molecule has 0 unspecified atom stereocenters. The van der Waals surface area contributed by atoms with Crippen LogP contribution in [0.15, 0.2) is 18.2 Å². The minimum atomic E-state index is -3.87. The number of carbonyl (C=O) groups excluding carboxylic acids is 1. The summed E-state index contributed by atoms with van der Waals surface area (Å²) in [6, 6.07) is 2.22. The van der Waals surface area contributed by atoms with Gasteiger partial charge in [0.2, 0.25) is 0 Å². The fraction of sp³-hybridized carbons (Fsp3) is 0.364. The van der Waals surface area contributed by atoms with Gasteiger partial charge in [0.15, 0.2) is 0 Å². The van der Waals surface area contributed by atoms with Gasteiger partial charge in [0, 0.05) is 0 Å². The van der Waals surface area contributed by atoms with Gasteiger partial charge in [0.05, 0.1) is 16.7 Å². The third kappa shape index (κ3) is 2.91. The number of alkyl halides is 2. The van der Waals surface area contributed by atoms with Gasteiger partial charge in [-0.1, -0.05) is 35.3 Å². The summed E-state index contributed by atoms with van der Waals surface area (Å²) in [5, 5.41) is -0.0140. The van der Waals surface area contributed by atoms with Gasteiger partial charge in [0.25, 0.3) is 0 Å². The molecule has 0 bridgehead atoms. The molecule has 0 saturated carbocycles. The molecule has 3 nitrogen and oxygen atoms in total. The molecule has 1 aromatic carbocycles. The van der Waals surface area contributed by atoms with E-state index in [1.54, 1.807) is 0 Å². The fourth-order valence-corrected chi connectivity index (χ4v) is 1.74. The molecule has 1 aromatic rings. The third-order valence-corrected chi connectivity index (χ3v) is 3.09. The topological polar surface area (TPSA) is 52.3 Å². The Labute approximate surface area is 113 Å². The van der Waals surface area contributed by atoms with Crippen LogP contribution in [0.2, 0.25) is 10.0 Å². The van der Waals surface area contributed by atoms with Crippen molar-refractivity contribution in [3.05, 3.63) is 33.8 Å². The highest BCUT2D eigenvalue weighted by molar-refractivity contribution is 6.42. The van der Waals surface area contributed by atoms with Gasteiger partial charge in [-0.25, -0.2) is 4.79 Å². The maximum absolute atomic E-state index is 13.7. The molecule has 0 spiro atoms. The summed E-state index contributed by atoms with van der Waals surface area (Å²) >= 11 is 11.5. The molecule has 0 fully saturated rings. The average molecular weight is 298 g/mol. The van der Waals surface area contributed by atoms with Crippen molar-refractivity contribution in [2.45, 2.75) is 18.9 Å². The van der Waals surface area contributed by atoms with E-state index in [2.05, 4.69) is 4.74 Å². The first-order valence-electron chi connectivity index (χ1n) is 5.06. The van der Waals surface area contributed by atoms with Gasteiger partial charge in [-0.15, -0.1) is 0 Å². The zero-order valence-corrected chi connectivity index (χ0v) is 10.9. The van der Waals surface area contributed by atoms with Crippen LogP contribution in [0.4, 0.5) is 8.78 Å². The molecule has 100 valence electrons. The molecule has 1 atom stereocenters. The Morgan fingerprint density at radius 2 is 2.11 bits per heavy atom. The summed E-state index contributed by atoms with van der Waals surface area (Å²) in [5.41, 5.74) is 5.27. The van der Waals surface area contributed by atoms with Crippen molar-refractivity contribution in [2.24, 2.45) is 5.73 Å². The van der Waals surface area contributed by atoms with Crippen molar-refractivity contribution in [1.29, 1.82) is 0 Å². The maximum atomic E-state index is 13.7. The van der Waals surface area contributed by atoms with E-state index in [4.69, 9.17) is 28.9 Å². The van der Waals surface area contributed by atoms with Gasteiger partial charge < -0.3 is 10.5 Å². The van der Waals surface area contributed by atoms with Crippen LogP contribution in [-0.4, -0.2) is 18.5 Å². The highest BCUT2D eigenvalue weighted by atomic mass is 35.5. The van der Waals surface area contributed by atoms with E-state index in [0.29, 0.717) is 0 Å². The van der Waals surface area contributed by atoms with Crippen molar-refractivity contribution in [1.82, 2.24) is 0 Å². The Balaban J connectivity index is 3.09. The molecular formula is C11H11Cl2F2NO2. The van der Waals surface area contributed by atoms with E-state index in [1.807, 2.05) is 0 Å². The number of esters is 1. The number of carbonyl (C=O) groups is 1. The summed E-state index contributed by atoms with van der Waals surface area (Å²) in [4.78, 5) is 11.1. The number of rotatable bonds is 4. The van der Waals surface area contributed by atoms with Crippen LogP contribution in [0.1, 0.15) is 18.5 Å². The first-order chi connectivity index (χ1) is 8.32. The van der Waals surface area contributed by atoms with E-state index in [9.17, 15) is 13.6 Å². The predicted octanol–water partition coefficient (Wildman–Crippen LogP) is 3.19. The number of ether oxygens (including phenoxy) is 1. The number of hydrogen-bond acceptors (Lipinski definition) is 3. The third-order valence-electron chi connectivity index (χ3n) is 2.25. The van der Waals surface area contributed by atoms with E-state index >= 15 is 0 Å². The molecular weight excluding hydrogens is 287 g/mol. The Morgan fingerprint density at radius 1 is 1.50 bits per heavy atom. The Morgan fingerprint density at radius 3 is 2.67 bits per heavy atom. The second-order valence-corrected chi connectivity index (χ2v) is 4.25. The van der Waals surface area contributed by atoms with Crippen LogP contribution in [0.3, 0.4) is 0 Å². The number of nitrogens with two attached hydrogens (primary N) is 1. The average Bonchev–Trinajstić information content (AvgIpc) is 2.32. The normalized spacial score (nSPS) is 13.2. The lowest BCUT2D eigenvalue weighted by molar-refractivity contribution is -0.174. The molecule has 0 amide bonds. The smallest absolute Gasteiger partial charge is 0.379 e. The lowest BCUT2D eigenvalue weighted by Gasteiger charge is -2.22. The summed E-state index contributed by atoms with van der Waals surface area (Å²) in [6.07, 6.45) is 0. The highest BCUT2D eigenvalue weighted by Gasteiger charge is 2.48.